The second kappa shape index (κ2) is 16.0. The molecule has 6 rings (SSSR count). The van der Waals surface area contributed by atoms with E-state index in [2.05, 4.69) is 45.3 Å². The van der Waals surface area contributed by atoms with Gasteiger partial charge in [0.2, 0.25) is 0 Å². The molecule has 360 valence electrons. The fourth-order valence-electron chi connectivity index (χ4n) is 14.7. The van der Waals surface area contributed by atoms with Crippen LogP contribution in [0, 0.1) is 56.7 Å². The van der Waals surface area contributed by atoms with E-state index in [1.807, 2.05) is 27.7 Å². The molecule has 0 aromatic heterocycles. The zero-order chi connectivity index (χ0) is 47.5. The van der Waals surface area contributed by atoms with Gasteiger partial charge in [0, 0.05) is 17.3 Å². The Bertz CT molecular complexity index is 1780. The van der Waals surface area contributed by atoms with E-state index in [0.29, 0.717) is 19.3 Å². The van der Waals surface area contributed by atoms with Gasteiger partial charge in [-0.3, -0.25) is 0 Å². The van der Waals surface area contributed by atoms with Crippen LogP contribution in [0.15, 0.2) is 0 Å². The molecule has 0 radical (unpaired) electrons. The van der Waals surface area contributed by atoms with Crippen molar-refractivity contribution in [2.24, 2.45) is 56.7 Å². The number of fused-ring (bicyclic) bond motifs is 2. The number of carbonyl (C=O) groups excluding carboxylic acids is 4. The van der Waals surface area contributed by atoms with Crippen molar-refractivity contribution in [3.63, 3.8) is 0 Å². The van der Waals surface area contributed by atoms with Crippen molar-refractivity contribution in [2.45, 2.75) is 234 Å². The average Bonchev–Trinajstić information content (AvgIpc) is 3.46. The molecule has 1 saturated heterocycles. The van der Waals surface area contributed by atoms with E-state index in [1.54, 1.807) is 55.4 Å². The molecule has 0 bridgehead atoms. The number of carbonyl (C=O) groups is 4. The predicted molar refractivity (Wildman–Crippen MR) is 238 cm³/mol. The van der Waals surface area contributed by atoms with Gasteiger partial charge in [0.15, 0.2) is 0 Å². The first-order chi connectivity index (χ1) is 28.6. The van der Waals surface area contributed by atoms with Gasteiger partial charge >= 0.3 is 24.1 Å². The molecule has 6 aliphatic rings. The summed E-state index contributed by atoms with van der Waals surface area (Å²) in [5, 5.41) is 28.9. The van der Waals surface area contributed by atoms with E-state index in [1.165, 1.54) is 0 Å². The van der Waals surface area contributed by atoms with Gasteiger partial charge in [-0.2, -0.15) is 0 Å². The summed E-state index contributed by atoms with van der Waals surface area (Å²) < 4.78 is 31.2. The number of hydrogen-bond acceptors (Lipinski definition) is 11. The number of aliphatic hydroxyl groups excluding tert-OH is 1. The van der Waals surface area contributed by atoms with Crippen molar-refractivity contribution >= 4 is 24.1 Å². The van der Waals surface area contributed by atoms with Gasteiger partial charge in [0.25, 0.3) is 0 Å². The van der Waals surface area contributed by atoms with Crippen LogP contribution in [0.1, 0.15) is 175 Å². The minimum Gasteiger partial charge on any atom is -0.460 e. The Kier molecular flexibility index (Phi) is 12.7. The molecular formula is C50H84N2O11. The predicted octanol–water partition coefficient (Wildman–Crippen LogP) is 8.64. The summed E-state index contributed by atoms with van der Waals surface area (Å²) in [6.07, 6.45) is 3.36. The van der Waals surface area contributed by atoms with Crippen LogP contribution in [0.5, 0.6) is 0 Å². The van der Waals surface area contributed by atoms with Crippen molar-refractivity contribution in [1.29, 1.82) is 0 Å². The quantitative estimate of drug-likeness (QED) is 0.122. The summed E-state index contributed by atoms with van der Waals surface area (Å²) in [5.74, 6) is -1.89. The molecule has 1 aliphatic heterocycles. The minimum absolute atomic E-state index is 0.0757. The molecule has 63 heavy (non-hydrogen) atoms. The third-order valence-electron chi connectivity index (χ3n) is 17.4. The fraction of sp³-hybridized carbons (Fsp3) is 0.920. The van der Waals surface area contributed by atoms with Crippen molar-refractivity contribution in [3.8, 4) is 0 Å². The zero-order valence-electron chi connectivity index (χ0n) is 41.8. The van der Waals surface area contributed by atoms with Crippen molar-refractivity contribution < 1.29 is 53.1 Å². The second-order valence-electron chi connectivity index (χ2n) is 25.4. The zero-order valence-corrected chi connectivity index (χ0v) is 41.8. The second-order valence-corrected chi connectivity index (χ2v) is 25.4. The largest absolute Gasteiger partial charge is 0.460 e. The average molecular weight is 889 g/mol. The summed E-state index contributed by atoms with van der Waals surface area (Å²) in [7, 11) is 0. The summed E-state index contributed by atoms with van der Waals surface area (Å²) in [6.45, 7) is 32.8. The number of nitrogens with one attached hydrogen (secondary N) is 2. The molecule has 2 unspecified atom stereocenters. The molecule has 2 amide bonds. The number of hydrogen-bond donors (Lipinski definition) is 4. The van der Waals surface area contributed by atoms with Crippen LogP contribution in [-0.2, 0) is 33.3 Å². The van der Waals surface area contributed by atoms with Crippen molar-refractivity contribution in [3.05, 3.63) is 0 Å². The van der Waals surface area contributed by atoms with Gasteiger partial charge in [-0.05, 0) is 160 Å². The molecule has 4 N–H and O–H groups in total. The maximum absolute atomic E-state index is 14.6. The normalized spacial score (nSPS) is 40.4. The Balaban J connectivity index is 1.36. The molecule has 5 saturated carbocycles. The Morgan fingerprint density at radius 2 is 1.21 bits per heavy atom. The van der Waals surface area contributed by atoms with Crippen LogP contribution in [0.2, 0.25) is 0 Å². The standard InChI is InChI=1S/C50H84N2O11/c1-27(2)34(51-40(56)62-42(5,6)7)38(54)59-30-24-31-47(16)25-29(53)36(48(17)20-18-33(61-48)45(13,14)58)46(47,15)22-23-49(31)26-50(49)21-19-32(44(11,12)37(30)50)60-39(55)35(28(3)4)52-41(57)63-43(8,9)10/h27-37,53,58H,18-26H2,1-17H3,(H,51,56)(H,52,57)/t29-,30-,31?,32-,33-,34-,35-,36-,37-,46+,47-,48+,49?,50+/m0/s1. The molecule has 5 aliphatic carbocycles. The van der Waals surface area contributed by atoms with Crippen LogP contribution < -0.4 is 10.6 Å². The van der Waals surface area contributed by atoms with Gasteiger partial charge in [0.05, 0.1) is 23.4 Å². The van der Waals surface area contributed by atoms with Gasteiger partial charge in [0.1, 0.15) is 35.5 Å². The lowest BCUT2D eigenvalue weighted by Gasteiger charge is -2.64. The highest BCUT2D eigenvalue weighted by Crippen LogP contribution is 2.89. The lowest BCUT2D eigenvalue weighted by Crippen LogP contribution is -2.63. The maximum atomic E-state index is 14.6. The van der Waals surface area contributed by atoms with Gasteiger partial charge in [-0.25, -0.2) is 19.2 Å². The first-order valence-electron chi connectivity index (χ1n) is 24.1. The number of amides is 2. The number of alkyl carbamates (subject to hydrolysis) is 2. The number of esters is 2. The van der Waals surface area contributed by atoms with Gasteiger partial charge < -0.3 is 44.5 Å². The molecule has 2 spiro atoms. The fourth-order valence-corrected chi connectivity index (χ4v) is 14.7. The van der Waals surface area contributed by atoms with E-state index < -0.39 is 82.3 Å². The van der Waals surface area contributed by atoms with Crippen LogP contribution in [0.25, 0.3) is 0 Å². The van der Waals surface area contributed by atoms with Crippen molar-refractivity contribution in [2.75, 3.05) is 0 Å². The third kappa shape index (κ3) is 8.64. The van der Waals surface area contributed by atoms with Crippen molar-refractivity contribution in [1.82, 2.24) is 10.6 Å². The first kappa shape index (κ1) is 49.8. The van der Waals surface area contributed by atoms with Crippen LogP contribution in [-0.4, -0.2) is 93.2 Å². The van der Waals surface area contributed by atoms with Crippen LogP contribution >= 0.6 is 0 Å². The van der Waals surface area contributed by atoms with E-state index in [4.69, 9.17) is 23.7 Å². The number of ether oxygens (including phenoxy) is 5. The SMILES string of the molecule is CC(C)[C@H](NC(=O)OC(C)(C)C)C(=O)O[C@H]1CC2C3(CC[C@]4(C)[C@@H]([C@@]5(C)CC[C@@H](C(C)(C)O)O5)[C@@H](O)C[C@@]24C)C[C@@]32CC[C@H](OC(=O)[C@@H](NC(=O)OC(C)(C)C)C(C)C)C(C)(C)[C@H]12. The lowest BCUT2D eigenvalue weighted by molar-refractivity contribution is -0.226. The van der Waals surface area contributed by atoms with Gasteiger partial charge in [-0.15, -0.1) is 0 Å². The minimum atomic E-state index is -1.01. The summed E-state index contributed by atoms with van der Waals surface area (Å²) in [4.78, 5) is 54.8. The lowest BCUT2D eigenvalue weighted by atomic mass is 9.41. The molecule has 13 heteroatoms. The first-order valence-corrected chi connectivity index (χ1v) is 24.1. The van der Waals surface area contributed by atoms with Gasteiger partial charge in [-0.1, -0.05) is 55.4 Å². The van der Waals surface area contributed by atoms with E-state index in [9.17, 15) is 29.4 Å². The highest BCUT2D eigenvalue weighted by Gasteiger charge is 2.85. The Hall–Kier alpha value is -2.64. The molecule has 0 aromatic rings. The Labute approximate surface area is 377 Å². The number of rotatable bonds is 10. The van der Waals surface area contributed by atoms with E-state index >= 15 is 0 Å². The van der Waals surface area contributed by atoms with E-state index in [-0.39, 0.29) is 57.4 Å². The molecule has 13 nitrogen and oxygen atoms in total. The summed E-state index contributed by atoms with van der Waals surface area (Å²) in [6, 6.07) is -1.91. The highest BCUT2D eigenvalue weighted by atomic mass is 16.6. The Morgan fingerprint density at radius 1 is 0.683 bits per heavy atom. The number of aliphatic hydroxyl groups is 2. The van der Waals surface area contributed by atoms with Crippen LogP contribution in [0.4, 0.5) is 9.59 Å². The maximum Gasteiger partial charge on any atom is 0.408 e. The topological polar surface area (TPSA) is 179 Å². The molecule has 1 heterocycles. The molecular weight excluding hydrogens is 805 g/mol. The smallest absolute Gasteiger partial charge is 0.408 e. The van der Waals surface area contributed by atoms with Crippen LogP contribution in [0.3, 0.4) is 0 Å². The Morgan fingerprint density at radius 3 is 1.68 bits per heavy atom. The monoisotopic (exact) mass is 889 g/mol. The molecule has 0 aromatic carbocycles. The molecule has 6 fully saturated rings. The molecule has 14 atom stereocenters. The summed E-state index contributed by atoms with van der Waals surface area (Å²) in [5.41, 5.74) is -4.76. The van der Waals surface area contributed by atoms with E-state index in [0.717, 1.165) is 38.5 Å². The third-order valence-corrected chi connectivity index (χ3v) is 17.4. The summed E-state index contributed by atoms with van der Waals surface area (Å²) >= 11 is 0. The highest BCUT2D eigenvalue weighted by molar-refractivity contribution is 5.82.